The van der Waals surface area contributed by atoms with E-state index in [-0.39, 0.29) is 5.41 Å². The van der Waals surface area contributed by atoms with E-state index in [1.165, 1.54) is 12.8 Å². The number of hydrogen-bond acceptors (Lipinski definition) is 3. The lowest BCUT2D eigenvalue weighted by molar-refractivity contribution is -0.0974. The van der Waals surface area contributed by atoms with Gasteiger partial charge in [0.2, 0.25) is 0 Å². The molecule has 0 spiro atoms. The Morgan fingerprint density at radius 2 is 2.06 bits per heavy atom. The second-order valence-corrected chi connectivity index (χ2v) is 6.81. The molecule has 3 atom stereocenters. The number of rotatable bonds is 8. The van der Waals surface area contributed by atoms with Crippen LogP contribution in [0.3, 0.4) is 0 Å². The topological polar surface area (TPSA) is 47.3 Å². The molecule has 0 bridgehead atoms. The summed E-state index contributed by atoms with van der Waals surface area (Å²) in [5, 5.41) is 3.68. The van der Waals surface area contributed by atoms with Crippen LogP contribution in [0.25, 0.3) is 0 Å². The molecule has 1 rings (SSSR count). The van der Waals surface area contributed by atoms with E-state index in [2.05, 4.69) is 33.0 Å². The molecular weight excluding hydrogens is 224 g/mol. The molecule has 0 radical (unpaired) electrons. The lowest BCUT2D eigenvalue weighted by Gasteiger charge is -2.51. The SMILES string of the molecule is COC1CC(NCCC(CN)CC(C)C)C1(C)C. The van der Waals surface area contributed by atoms with Crippen LogP contribution in [0.5, 0.6) is 0 Å². The molecule has 1 aliphatic rings. The Balaban J connectivity index is 2.22. The van der Waals surface area contributed by atoms with Crippen molar-refractivity contribution >= 4 is 0 Å². The lowest BCUT2D eigenvalue weighted by atomic mass is 9.64. The highest BCUT2D eigenvalue weighted by Gasteiger charge is 2.47. The first-order chi connectivity index (χ1) is 8.41. The third kappa shape index (κ3) is 3.94. The summed E-state index contributed by atoms with van der Waals surface area (Å²) >= 11 is 0. The number of ether oxygens (including phenoxy) is 1. The van der Waals surface area contributed by atoms with Gasteiger partial charge >= 0.3 is 0 Å². The Labute approximate surface area is 113 Å². The number of methoxy groups -OCH3 is 1. The van der Waals surface area contributed by atoms with Crippen LogP contribution in [0.15, 0.2) is 0 Å². The zero-order chi connectivity index (χ0) is 13.8. The largest absolute Gasteiger partial charge is 0.381 e. The van der Waals surface area contributed by atoms with Gasteiger partial charge in [-0.15, -0.1) is 0 Å². The summed E-state index contributed by atoms with van der Waals surface area (Å²) in [6.45, 7) is 11.0. The van der Waals surface area contributed by atoms with Gasteiger partial charge in [-0.2, -0.15) is 0 Å². The molecular formula is C15H32N2O. The Morgan fingerprint density at radius 1 is 1.39 bits per heavy atom. The van der Waals surface area contributed by atoms with Crippen LogP contribution in [-0.2, 0) is 4.74 Å². The van der Waals surface area contributed by atoms with Crippen molar-refractivity contribution in [1.82, 2.24) is 5.32 Å². The molecule has 108 valence electrons. The van der Waals surface area contributed by atoms with E-state index >= 15 is 0 Å². The van der Waals surface area contributed by atoms with Crippen molar-refractivity contribution in [2.45, 2.75) is 59.1 Å². The van der Waals surface area contributed by atoms with Gasteiger partial charge in [0.15, 0.2) is 0 Å². The first-order valence-electron chi connectivity index (χ1n) is 7.38. The Hall–Kier alpha value is -0.120. The summed E-state index contributed by atoms with van der Waals surface area (Å²) in [5.74, 6) is 1.41. The smallest absolute Gasteiger partial charge is 0.0652 e. The fourth-order valence-corrected chi connectivity index (χ4v) is 3.09. The summed E-state index contributed by atoms with van der Waals surface area (Å²) in [7, 11) is 1.82. The van der Waals surface area contributed by atoms with Crippen molar-refractivity contribution in [3.63, 3.8) is 0 Å². The first-order valence-corrected chi connectivity index (χ1v) is 7.38. The van der Waals surface area contributed by atoms with Gasteiger partial charge in [0.05, 0.1) is 6.10 Å². The van der Waals surface area contributed by atoms with Gasteiger partial charge in [0.25, 0.3) is 0 Å². The summed E-state index contributed by atoms with van der Waals surface area (Å²) in [6.07, 6.45) is 3.99. The second kappa shape index (κ2) is 6.88. The number of nitrogens with one attached hydrogen (secondary N) is 1. The van der Waals surface area contributed by atoms with E-state index in [1.54, 1.807) is 0 Å². The van der Waals surface area contributed by atoms with E-state index in [4.69, 9.17) is 10.5 Å². The minimum Gasteiger partial charge on any atom is -0.381 e. The molecule has 3 unspecified atom stereocenters. The monoisotopic (exact) mass is 256 g/mol. The van der Waals surface area contributed by atoms with E-state index in [0.29, 0.717) is 18.1 Å². The van der Waals surface area contributed by atoms with Gasteiger partial charge in [-0.25, -0.2) is 0 Å². The average Bonchev–Trinajstić information content (AvgIpc) is 2.30. The predicted octanol–water partition coefficient (Wildman–Crippen LogP) is 2.40. The average molecular weight is 256 g/mol. The maximum Gasteiger partial charge on any atom is 0.0652 e. The molecule has 0 aromatic carbocycles. The molecule has 0 aromatic rings. The molecule has 18 heavy (non-hydrogen) atoms. The molecule has 1 saturated carbocycles. The fourth-order valence-electron chi connectivity index (χ4n) is 3.09. The van der Waals surface area contributed by atoms with E-state index < -0.39 is 0 Å². The third-order valence-corrected chi connectivity index (χ3v) is 4.54. The van der Waals surface area contributed by atoms with Crippen molar-refractivity contribution in [2.24, 2.45) is 23.0 Å². The zero-order valence-electron chi connectivity index (χ0n) is 12.8. The normalized spacial score (nSPS) is 28.2. The van der Waals surface area contributed by atoms with Crippen LogP contribution >= 0.6 is 0 Å². The maximum atomic E-state index is 5.83. The van der Waals surface area contributed by atoms with E-state index in [0.717, 1.165) is 25.4 Å². The number of hydrogen-bond donors (Lipinski definition) is 2. The van der Waals surface area contributed by atoms with Gasteiger partial charge in [-0.05, 0) is 44.2 Å². The van der Waals surface area contributed by atoms with Crippen LogP contribution in [0, 0.1) is 17.3 Å². The van der Waals surface area contributed by atoms with Crippen molar-refractivity contribution < 1.29 is 4.74 Å². The Bertz CT molecular complexity index is 241. The number of nitrogens with two attached hydrogens (primary N) is 1. The van der Waals surface area contributed by atoms with E-state index in [9.17, 15) is 0 Å². The molecule has 1 fully saturated rings. The van der Waals surface area contributed by atoms with Gasteiger partial charge in [-0.3, -0.25) is 0 Å². The van der Waals surface area contributed by atoms with Crippen molar-refractivity contribution in [3.8, 4) is 0 Å². The molecule has 0 saturated heterocycles. The molecule has 3 nitrogen and oxygen atoms in total. The Kier molecular flexibility index (Phi) is 6.09. The van der Waals surface area contributed by atoms with Gasteiger partial charge in [-0.1, -0.05) is 27.7 Å². The first kappa shape index (κ1) is 15.9. The van der Waals surface area contributed by atoms with Crippen LogP contribution < -0.4 is 11.1 Å². The summed E-state index contributed by atoms with van der Waals surface area (Å²) in [5.41, 5.74) is 6.10. The van der Waals surface area contributed by atoms with Crippen LogP contribution in [0.1, 0.15) is 47.0 Å². The minimum absolute atomic E-state index is 0.269. The molecule has 0 aromatic heterocycles. The lowest BCUT2D eigenvalue weighted by Crippen LogP contribution is -2.60. The summed E-state index contributed by atoms with van der Waals surface area (Å²) in [4.78, 5) is 0. The standard InChI is InChI=1S/C15H32N2O/c1-11(2)8-12(10-16)6-7-17-13-9-14(18-5)15(13,3)4/h11-14,17H,6-10,16H2,1-5H3. The van der Waals surface area contributed by atoms with Gasteiger partial charge < -0.3 is 15.8 Å². The van der Waals surface area contributed by atoms with Crippen molar-refractivity contribution in [3.05, 3.63) is 0 Å². The van der Waals surface area contributed by atoms with Crippen molar-refractivity contribution in [1.29, 1.82) is 0 Å². The highest BCUT2D eigenvalue weighted by molar-refractivity contribution is 5.02. The quantitative estimate of drug-likeness (QED) is 0.701. The van der Waals surface area contributed by atoms with Crippen LogP contribution in [-0.4, -0.2) is 32.3 Å². The maximum absolute atomic E-state index is 5.83. The molecule has 3 N–H and O–H groups in total. The van der Waals surface area contributed by atoms with Crippen LogP contribution in [0.4, 0.5) is 0 Å². The molecule has 0 aliphatic heterocycles. The summed E-state index contributed by atoms with van der Waals surface area (Å²) in [6, 6.07) is 0.597. The highest BCUT2D eigenvalue weighted by Crippen LogP contribution is 2.42. The third-order valence-electron chi connectivity index (χ3n) is 4.54. The molecule has 0 heterocycles. The second-order valence-electron chi connectivity index (χ2n) is 6.81. The predicted molar refractivity (Wildman–Crippen MR) is 77.6 cm³/mol. The van der Waals surface area contributed by atoms with E-state index in [1.807, 2.05) is 7.11 Å². The minimum atomic E-state index is 0.269. The summed E-state index contributed by atoms with van der Waals surface area (Å²) < 4.78 is 5.47. The fraction of sp³-hybridized carbons (Fsp3) is 1.00. The van der Waals surface area contributed by atoms with Gasteiger partial charge in [0, 0.05) is 18.6 Å². The zero-order valence-corrected chi connectivity index (χ0v) is 12.8. The molecule has 0 amide bonds. The highest BCUT2D eigenvalue weighted by atomic mass is 16.5. The van der Waals surface area contributed by atoms with Crippen molar-refractivity contribution in [2.75, 3.05) is 20.2 Å². The molecule has 3 heteroatoms. The Morgan fingerprint density at radius 3 is 2.50 bits per heavy atom. The van der Waals surface area contributed by atoms with Crippen LogP contribution in [0.2, 0.25) is 0 Å². The molecule has 1 aliphatic carbocycles. The van der Waals surface area contributed by atoms with Gasteiger partial charge in [0.1, 0.15) is 0 Å².